The lowest BCUT2D eigenvalue weighted by atomic mass is 10.2. The summed E-state index contributed by atoms with van der Waals surface area (Å²) in [6.07, 6.45) is 0.171. The van der Waals surface area contributed by atoms with E-state index in [1.165, 1.54) is 6.92 Å². The van der Waals surface area contributed by atoms with Crippen molar-refractivity contribution in [2.24, 2.45) is 0 Å². The zero-order chi connectivity index (χ0) is 20.5. The summed E-state index contributed by atoms with van der Waals surface area (Å²) in [5.74, 6) is 1.08. The second-order valence-electron chi connectivity index (χ2n) is 6.64. The van der Waals surface area contributed by atoms with E-state index in [1.807, 2.05) is 62.4 Å². The molecule has 0 saturated heterocycles. The highest BCUT2D eigenvalue weighted by atomic mass is 16.5. The first kappa shape index (κ1) is 21.3. The van der Waals surface area contributed by atoms with Crippen LogP contribution in [0.1, 0.15) is 32.8 Å². The Morgan fingerprint density at radius 1 is 1.04 bits per heavy atom. The number of hydrogen-bond acceptors (Lipinski definition) is 4. The van der Waals surface area contributed by atoms with Gasteiger partial charge in [-0.1, -0.05) is 30.3 Å². The van der Waals surface area contributed by atoms with Gasteiger partial charge in [-0.05, 0) is 32.0 Å². The number of hydrogen-bond donors (Lipinski definition) is 1. The Balaban J connectivity index is 2.00. The number of benzene rings is 2. The summed E-state index contributed by atoms with van der Waals surface area (Å²) in [5.41, 5.74) is 1.57. The number of amides is 2. The summed E-state index contributed by atoms with van der Waals surface area (Å²) in [6.45, 7) is 5.99. The predicted octanol–water partition coefficient (Wildman–Crippen LogP) is 3.54. The van der Waals surface area contributed by atoms with Gasteiger partial charge in [0.25, 0.3) is 0 Å². The fourth-order valence-corrected chi connectivity index (χ4v) is 2.83. The Hall–Kier alpha value is -3.02. The number of para-hydroxylation sites is 3. The first-order valence-corrected chi connectivity index (χ1v) is 9.34. The molecule has 2 rings (SSSR count). The van der Waals surface area contributed by atoms with Crippen molar-refractivity contribution in [2.75, 3.05) is 18.6 Å². The lowest BCUT2D eigenvalue weighted by Crippen LogP contribution is -2.34. The number of anilines is 1. The first-order chi connectivity index (χ1) is 13.4. The molecule has 0 saturated carbocycles. The van der Waals surface area contributed by atoms with E-state index in [1.54, 1.807) is 12.0 Å². The Labute approximate surface area is 166 Å². The topological polar surface area (TPSA) is 67.9 Å². The molecule has 1 N–H and O–H groups in total. The van der Waals surface area contributed by atoms with Crippen LogP contribution in [0.5, 0.6) is 11.5 Å². The van der Waals surface area contributed by atoms with Crippen LogP contribution < -0.4 is 19.7 Å². The molecule has 0 aliphatic rings. The summed E-state index contributed by atoms with van der Waals surface area (Å²) in [4.78, 5) is 26.1. The number of ether oxygens (including phenoxy) is 2. The second-order valence-corrected chi connectivity index (χ2v) is 6.64. The standard InChI is InChI=1S/C22H28N2O4/c1-16(2)28-21-12-8-6-10-19(21)24(17(3)25)14-13-22(26)23-15-18-9-5-7-11-20(18)27-4/h5-12,16H,13-15H2,1-4H3,(H,23,26). The maximum absolute atomic E-state index is 12.3. The van der Waals surface area contributed by atoms with Crippen LogP contribution in [-0.4, -0.2) is 31.6 Å². The van der Waals surface area contributed by atoms with Crippen molar-refractivity contribution in [1.82, 2.24) is 5.32 Å². The molecule has 6 heteroatoms. The minimum atomic E-state index is -0.141. The number of methoxy groups -OCH3 is 1. The van der Waals surface area contributed by atoms with Crippen LogP contribution in [0.3, 0.4) is 0 Å². The lowest BCUT2D eigenvalue weighted by Gasteiger charge is -2.24. The average Bonchev–Trinajstić information content (AvgIpc) is 2.67. The summed E-state index contributed by atoms with van der Waals surface area (Å²) < 4.78 is 11.1. The predicted molar refractivity (Wildman–Crippen MR) is 110 cm³/mol. The van der Waals surface area contributed by atoms with Gasteiger partial charge in [0.1, 0.15) is 11.5 Å². The number of carbonyl (C=O) groups excluding carboxylic acids is 2. The Bertz CT molecular complexity index is 805. The van der Waals surface area contributed by atoms with Gasteiger partial charge in [-0.2, -0.15) is 0 Å². The van der Waals surface area contributed by atoms with Gasteiger partial charge in [-0.3, -0.25) is 9.59 Å². The largest absolute Gasteiger partial charge is 0.496 e. The van der Waals surface area contributed by atoms with Gasteiger partial charge in [0.15, 0.2) is 0 Å². The van der Waals surface area contributed by atoms with E-state index in [4.69, 9.17) is 9.47 Å². The van der Waals surface area contributed by atoms with Gasteiger partial charge in [-0.25, -0.2) is 0 Å². The van der Waals surface area contributed by atoms with Gasteiger partial charge in [-0.15, -0.1) is 0 Å². The molecule has 0 spiro atoms. The molecule has 2 aromatic carbocycles. The molecule has 6 nitrogen and oxygen atoms in total. The molecule has 0 heterocycles. The first-order valence-electron chi connectivity index (χ1n) is 9.34. The maximum atomic E-state index is 12.3. The molecule has 0 aliphatic heterocycles. The van der Waals surface area contributed by atoms with Crippen LogP contribution in [0, 0.1) is 0 Å². The second kappa shape index (κ2) is 10.3. The molecule has 28 heavy (non-hydrogen) atoms. The van der Waals surface area contributed by atoms with Crippen molar-refractivity contribution < 1.29 is 19.1 Å². The summed E-state index contributed by atoms with van der Waals surface area (Å²) in [7, 11) is 1.60. The van der Waals surface area contributed by atoms with E-state index in [-0.39, 0.29) is 30.9 Å². The van der Waals surface area contributed by atoms with Crippen LogP contribution in [0.4, 0.5) is 5.69 Å². The highest BCUT2D eigenvalue weighted by Gasteiger charge is 2.18. The van der Waals surface area contributed by atoms with Crippen molar-refractivity contribution in [3.63, 3.8) is 0 Å². The van der Waals surface area contributed by atoms with Crippen LogP contribution in [0.2, 0.25) is 0 Å². The van der Waals surface area contributed by atoms with Gasteiger partial charge in [0, 0.05) is 32.0 Å². The van der Waals surface area contributed by atoms with E-state index in [0.717, 1.165) is 11.3 Å². The quantitative estimate of drug-likeness (QED) is 0.718. The van der Waals surface area contributed by atoms with Crippen LogP contribution in [-0.2, 0) is 16.1 Å². The number of rotatable bonds is 9. The fourth-order valence-electron chi connectivity index (χ4n) is 2.83. The molecule has 0 radical (unpaired) electrons. The van der Waals surface area contributed by atoms with Crippen molar-refractivity contribution in [3.05, 3.63) is 54.1 Å². The van der Waals surface area contributed by atoms with E-state index in [9.17, 15) is 9.59 Å². The summed E-state index contributed by atoms with van der Waals surface area (Å²) in [5, 5.41) is 2.88. The number of carbonyl (C=O) groups is 2. The van der Waals surface area contributed by atoms with Crippen molar-refractivity contribution in [2.45, 2.75) is 39.8 Å². The average molecular weight is 384 g/mol. The van der Waals surface area contributed by atoms with Crippen LogP contribution >= 0.6 is 0 Å². The Kier molecular flexibility index (Phi) is 7.87. The summed E-state index contributed by atoms with van der Waals surface area (Å²) >= 11 is 0. The van der Waals surface area contributed by atoms with E-state index < -0.39 is 0 Å². The van der Waals surface area contributed by atoms with Gasteiger partial charge in [0.05, 0.1) is 18.9 Å². The number of nitrogens with zero attached hydrogens (tertiary/aromatic N) is 1. The van der Waals surface area contributed by atoms with Crippen molar-refractivity contribution >= 4 is 17.5 Å². The third-order valence-electron chi connectivity index (χ3n) is 4.13. The molecule has 2 amide bonds. The van der Waals surface area contributed by atoms with Gasteiger partial charge >= 0.3 is 0 Å². The van der Waals surface area contributed by atoms with Gasteiger partial charge in [0.2, 0.25) is 11.8 Å². The molecule has 150 valence electrons. The van der Waals surface area contributed by atoms with Crippen molar-refractivity contribution in [3.8, 4) is 11.5 Å². The molecule has 0 unspecified atom stereocenters. The Morgan fingerprint density at radius 3 is 2.32 bits per heavy atom. The van der Waals surface area contributed by atoms with Crippen molar-refractivity contribution in [1.29, 1.82) is 0 Å². The monoisotopic (exact) mass is 384 g/mol. The zero-order valence-electron chi connectivity index (χ0n) is 16.9. The Morgan fingerprint density at radius 2 is 1.68 bits per heavy atom. The smallest absolute Gasteiger partial charge is 0.223 e. The SMILES string of the molecule is COc1ccccc1CNC(=O)CCN(C(C)=O)c1ccccc1OC(C)C. The van der Waals surface area contributed by atoms with Crippen LogP contribution in [0.25, 0.3) is 0 Å². The molecule has 0 fully saturated rings. The summed E-state index contributed by atoms with van der Waals surface area (Å²) in [6, 6.07) is 14.9. The maximum Gasteiger partial charge on any atom is 0.223 e. The normalized spacial score (nSPS) is 10.5. The van der Waals surface area contributed by atoms with Gasteiger partial charge < -0.3 is 19.7 Å². The molecular formula is C22H28N2O4. The third kappa shape index (κ3) is 6.01. The molecule has 0 bridgehead atoms. The third-order valence-corrected chi connectivity index (χ3v) is 4.13. The highest BCUT2D eigenvalue weighted by Crippen LogP contribution is 2.29. The molecule has 0 aromatic heterocycles. The minimum absolute atomic E-state index is 0.0147. The van der Waals surface area contributed by atoms with Crippen LogP contribution in [0.15, 0.2) is 48.5 Å². The molecular weight excluding hydrogens is 356 g/mol. The lowest BCUT2D eigenvalue weighted by molar-refractivity contribution is -0.121. The fraction of sp³-hybridized carbons (Fsp3) is 0.364. The van der Waals surface area contributed by atoms with E-state index in [2.05, 4.69) is 5.32 Å². The van der Waals surface area contributed by atoms with E-state index >= 15 is 0 Å². The molecule has 2 aromatic rings. The van der Waals surface area contributed by atoms with E-state index in [0.29, 0.717) is 18.0 Å². The minimum Gasteiger partial charge on any atom is -0.496 e. The molecule has 0 aliphatic carbocycles. The zero-order valence-corrected chi connectivity index (χ0v) is 16.9. The highest BCUT2D eigenvalue weighted by molar-refractivity contribution is 5.93. The molecule has 0 atom stereocenters. The number of nitrogens with one attached hydrogen (secondary N) is 1.